The van der Waals surface area contributed by atoms with Gasteiger partial charge in [0.2, 0.25) is 0 Å². The van der Waals surface area contributed by atoms with Gasteiger partial charge in [-0.15, -0.1) is 0 Å². The predicted molar refractivity (Wildman–Crippen MR) is 105 cm³/mol. The zero-order chi connectivity index (χ0) is 19.2. The van der Waals surface area contributed by atoms with Gasteiger partial charge in [-0.2, -0.15) is 0 Å². The smallest absolute Gasteiger partial charge is 0.337 e. The molecule has 0 atom stereocenters. The summed E-state index contributed by atoms with van der Waals surface area (Å²) in [7, 11) is 1.28. The molecule has 27 heavy (non-hydrogen) atoms. The van der Waals surface area contributed by atoms with Crippen LogP contribution in [0.25, 0.3) is 0 Å². The minimum absolute atomic E-state index is 0.287. The minimum atomic E-state index is -0.516. The Hall–Kier alpha value is -3.38. The number of aromatic nitrogens is 1. The van der Waals surface area contributed by atoms with Crippen molar-refractivity contribution in [3.63, 3.8) is 0 Å². The Bertz CT molecular complexity index is 977. The Balaban J connectivity index is 1.79. The predicted octanol–water partition coefficient (Wildman–Crippen LogP) is 4.52. The van der Waals surface area contributed by atoms with E-state index in [0.717, 1.165) is 5.69 Å². The van der Waals surface area contributed by atoms with E-state index >= 15 is 0 Å². The van der Waals surface area contributed by atoms with Crippen LogP contribution in [0.1, 0.15) is 20.7 Å². The fourth-order valence-electron chi connectivity index (χ4n) is 2.38. The van der Waals surface area contributed by atoms with Crippen molar-refractivity contribution < 1.29 is 14.3 Å². The molecule has 0 bridgehead atoms. The summed E-state index contributed by atoms with van der Waals surface area (Å²) < 4.78 is 4.68. The largest absolute Gasteiger partial charge is 0.465 e. The molecule has 1 aromatic heterocycles. The molecular formula is C20H16ClN3O3. The third-order valence-electron chi connectivity index (χ3n) is 3.70. The second-order valence-corrected chi connectivity index (χ2v) is 6.00. The van der Waals surface area contributed by atoms with Crippen LogP contribution in [0.15, 0.2) is 67.0 Å². The third-order valence-corrected chi connectivity index (χ3v) is 4.03. The average Bonchev–Trinajstić information content (AvgIpc) is 2.70. The van der Waals surface area contributed by atoms with Crippen LogP contribution in [-0.2, 0) is 4.74 Å². The lowest BCUT2D eigenvalue weighted by Crippen LogP contribution is -2.13. The number of ether oxygens (including phenoxy) is 1. The lowest BCUT2D eigenvalue weighted by atomic mass is 10.2. The van der Waals surface area contributed by atoms with Crippen molar-refractivity contribution in [1.82, 2.24) is 4.98 Å². The van der Waals surface area contributed by atoms with Gasteiger partial charge in [0.05, 0.1) is 40.8 Å². The van der Waals surface area contributed by atoms with Crippen molar-refractivity contribution in [2.75, 3.05) is 17.7 Å². The van der Waals surface area contributed by atoms with Gasteiger partial charge in [-0.25, -0.2) is 4.79 Å². The zero-order valence-corrected chi connectivity index (χ0v) is 15.2. The number of pyridine rings is 1. The standard InChI is InChI=1S/C20H16ClN3O3/c1-27-20(26)13-7-8-17(21)18(10-13)24-19(25)14-9-16(12-22-11-14)23-15-5-3-2-4-6-15/h2-12,23H,1H3,(H,24,25). The van der Waals surface area contributed by atoms with E-state index in [1.165, 1.54) is 31.5 Å². The van der Waals surface area contributed by atoms with E-state index in [4.69, 9.17) is 11.6 Å². The molecule has 1 heterocycles. The number of rotatable bonds is 5. The number of halogens is 1. The number of anilines is 3. The number of esters is 1. The maximum atomic E-state index is 12.6. The number of nitrogens with zero attached hydrogens (tertiary/aromatic N) is 1. The normalized spacial score (nSPS) is 10.1. The van der Waals surface area contributed by atoms with Crippen LogP contribution in [0.2, 0.25) is 5.02 Å². The molecule has 6 nitrogen and oxygen atoms in total. The Morgan fingerprint density at radius 2 is 1.74 bits per heavy atom. The van der Waals surface area contributed by atoms with Crippen molar-refractivity contribution >= 4 is 40.5 Å². The van der Waals surface area contributed by atoms with Crippen molar-refractivity contribution in [2.24, 2.45) is 0 Å². The SMILES string of the molecule is COC(=O)c1ccc(Cl)c(NC(=O)c2cncc(Nc3ccccc3)c2)c1. The fourth-order valence-corrected chi connectivity index (χ4v) is 2.55. The van der Waals surface area contributed by atoms with Crippen LogP contribution in [0.4, 0.5) is 17.1 Å². The Morgan fingerprint density at radius 3 is 2.48 bits per heavy atom. The highest BCUT2D eigenvalue weighted by Crippen LogP contribution is 2.24. The van der Waals surface area contributed by atoms with E-state index in [1.807, 2.05) is 30.3 Å². The maximum absolute atomic E-state index is 12.6. The summed E-state index contributed by atoms with van der Waals surface area (Å²) in [5.74, 6) is -0.916. The highest BCUT2D eigenvalue weighted by atomic mass is 35.5. The molecule has 0 aliphatic heterocycles. The summed E-state index contributed by atoms with van der Waals surface area (Å²) in [6.07, 6.45) is 3.07. The molecule has 0 saturated carbocycles. The van der Waals surface area contributed by atoms with E-state index in [0.29, 0.717) is 22.0 Å². The molecule has 3 rings (SSSR count). The molecular weight excluding hydrogens is 366 g/mol. The molecule has 0 unspecified atom stereocenters. The Labute approximate surface area is 161 Å². The summed E-state index contributed by atoms with van der Waals surface area (Å²) in [4.78, 5) is 28.3. The molecule has 0 spiro atoms. The molecule has 7 heteroatoms. The number of methoxy groups -OCH3 is 1. The maximum Gasteiger partial charge on any atom is 0.337 e. The van der Waals surface area contributed by atoms with Gasteiger partial charge in [0.1, 0.15) is 0 Å². The van der Waals surface area contributed by atoms with Gasteiger partial charge < -0.3 is 15.4 Å². The van der Waals surface area contributed by atoms with Gasteiger partial charge in [-0.3, -0.25) is 9.78 Å². The summed E-state index contributed by atoms with van der Waals surface area (Å²) in [6, 6.07) is 15.7. The van der Waals surface area contributed by atoms with Crippen molar-refractivity contribution in [2.45, 2.75) is 0 Å². The van der Waals surface area contributed by atoms with Gasteiger partial charge in [-0.05, 0) is 36.4 Å². The van der Waals surface area contributed by atoms with Crippen LogP contribution in [0.5, 0.6) is 0 Å². The first-order valence-electron chi connectivity index (χ1n) is 8.03. The van der Waals surface area contributed by atoms with Crippen LogP contribution < -0.4 is 10.6 Å². The molecule has 3 aromatic rings. The Kier molecular flexibility index (Phi) is 5.68. The quantitative estimate of drug-likeness (QED) is 0.635. The van der Waals surface area contributed by atoms with Gasteiger partial charge >= 0.3 is 5.97 Å². The third kappa shape index (κ3) is 4.62. The lowest BCUT2D eigenvalue weighted by Gasteiger charge is -2.10. The zero-order valence-electron chi connectivity index (χ0n) is 14.4. The molecule has 0 saturated heterocycles. The number of benzene rings is 2. The van der Waals surface area contributed by atoms with E-state index in [9.17, 15) is 9.59 Å². The molecule has 0 aliphatic carbocycles. The van der Waals surface area contributed by atoms with Crippen LogP contribution in [0.3, 0.4) is 0 Å². The molecule has 0 aliphatic rings. The molecule has 136 valence electrons. The summed E-state index contributed by atoms with van der Waals surface area (Å²) in [6.45, 7) is 0. The van der Waals surface area contributed by atoms with Gasteiger partial charge in [0.15, 0.2) is 0 Å². The topological polar surface area (TPSA) is 80.3 Å². The highest BCUT2D eigenvalue weighted by molar-refractivity contribution is 6.34. The Morgan fingerprint density at radius 1 is 0.963 bits per heavy atom. The first-order valence-corrected chi connectivity index (χ1v) is 8.41. The van der Waals surface area contributed by atoms with Gasteiger partial charge in [-0.1, -0.05) is 29.8 Å². The summed E-state index contributed by atoms with van der Waals surface area (Å²) in [5, 5.41) is 6.17. The molecule has 2 aromatic carbocycles. The number of hydrogen-bond donors (Lipinski definition) is 2. The first kappa shape index (κ1) is 18.4. The fraction of sp³-hybridized carbons (Fsp3) is 0.0500. The van der Waals surface area contributed by atoms with Crippen LogP contribution in [0, 0.1) is 0 Å². The summed E-state index contributed by atoms with van der Waals surface area (Å²) >= 11 is 6.12. The molecule has 0 fully saturated rings. The highest BCUT2D eigenvalue weighted by Gasteiger charge is 2.13. The lowest BCUT2D eigenvalue weighted by molar-refractivity contribution is 0.0600. The monoisotopic (exact) mass is 381 g/mol. The average molecular weight is 382 g/mol. The number of hydrogen-bond acceptors (Lipinski definition) is 5. The van der Waals surface area contributed by atoms with E-state index in [2.05, 4.69) is 20.4 Å². The van der Waals surface area contributed by atoms with E-state index in [-0.39, 0.29) is 5.56 Å². The van der Waals surface area contributed by atoms with Crippen molar-refractivity contribution in [3.05, 3.63) is 83.1 Å². The first-order chi connectivity index (χ1) is 13.1. The molecule has 1 amide bonds. The second kappa shape index (κ2) is 8.33. The van der Waals surface area contributed by atoms with E-state index in [1.54, 1.807) is 12.3 Å². The van der Waals surface area contributed by atoms with Crippen molar-refractivity contribution in [3.8, 4) is 0 Å². The number of carbonyl (C=O) groups excluding carboxylic acids is 2. The van der Waals surface area contributed by atoms with Gasteiger partial charge in [0, 0.05) is 11.9 Å². The molecule has 0 radical (unpaired) electrons. The van der Waals surface area contributed by atoms with Gasteiger partial charge in [0.25, 0.3) is 5.91 Å². The number of para-hydroxylation sites is 1. The minimum Gasteiger partial charge on any atom is -0.465 e. The van der Waals surface area contributed by atoms with Crippen LogP contribution in [-0.4, -0.2) is 24.0 Å². The van der Waals surface area contributed by atoms with E-state index < -0.39 is 11.9 Å². The second-order valence-electron chi connectivity index (χ2n) is 5.59. The van der Waals surface area contributed by atoms with Crippen LogP contribution >= 0.6 is 11.6 Å². The number of nitrogens with one attached hydrogen (secondary N) is 2. The summed E-state index contributed by atoms with van der Waals surface area (Å²) in [5.41, 5.74) is 2.49. The van der Waals surface area contributed by atoms with Crippen molar-refractivity contribution in [1.29, 1.82) is 0 Å². The number of carbonyl (C=O) groups is 2. The number of amides is 1. The molecule has 2 N–H and O–H groups in total.